The summed E-state index contributed by atoms with van der Waals surface area (Å²) in [5, 5.41) is 15.9. The van der Waals surface area contributed by atoms with Gasteiger partial charge in [0.15, 0.2) is 10.3 Å². The van der Waals surface area contributed by atoms with Crippen molar-refractivity contribution in [2.24, 2.45) is 0 Å². The summed E-state index contributed by atoms with van der Waals surface area (Å²) >= 11 is 11.5. The van der Waals surface area contributed by atoms with Gasteiger partial charge in [-0.3, -0.25) is 9.59 Å². The highest BCUT2D eigenvalue weighted by molar-refractivity contribution is 6.34. The molecule has 7 nitrogen and oxygen atoms in total. The molecule has 2 heterocycles. The smallest absolute Gasteiger partial charge is 0.306 e. The normalized spacial score (nSPS) is 18.9. The average Bonchev–Trinajstić information content (AvgIpc) is 2.40. The summed E-state index contributed by atoms with van der Waals surface area (Å²) in [6, 6.07) is 1.33. The van der Waals surface area contributed by atoms with E-state index in [4.69, 9.17) is 33.0 Å². The molecule has 1 atom stereocenters. The molecule has 108 valence electrons. The number of nitrogens with zero attached hydrogens (tertiary/aromatic N) is 3. The van der Waals surface area contributed by atoms with E-state index in [9.17, 15) is 9.59 Å². The maximum absolute atomic E-state index is 12.3. The molecule has 1 aliphatic heterocycles. The number of morpholine rings is 1. The van der Waals surface area contributed by atoms with Crippen molar-refractivity contribution in [1.29, 1.82) is 0 Å². The number of carbonyl (C=O) groups is 2. The molecule has 0 aromatic carbocycles. The first-order valence-electron chi connectivity index (χ1n) is 5.78. The SMILES string of the molecule is O=C(O)CC1CN(C(=O)c2cc(Cl)nnc2Cl)CCO1. The molecule has 0 spiro atoms. The molecule has 20 heavy (non-hydrogen) atoms. The molecule has 1 aromatic heterocycles. The highest BCUT2D eigenvalue weighted by Gasteiger charge is 2.28. The molecule has 0 bridgehead atoms. The van der Waals surface area contributed by atoms with Crippen molar-refractivity contribution in [3.8, 4) is 0 Å². The Labute approximate surface area is 124 Å². The van der Waals surface area contributed by atoms with Crippen molar-refractivity contribution in [2.75, 3.05) is 19.7 Å². The van der Waals surface area contributed by atoms with Crippen LogP contribution in [0.25, 0.3) is 0 Å². The van der Waals surface area contributed by atoms with Crippen molar-refractivity contribution >= 4 is 35.1 Å². The number of carboxylic acids is 1. The number of carboxylic acid groups (broad SMARTS) is 1. The number of hydrogen-bond acceptors (Lipinski definition) is 5. The third kappa shape index (κ3) is 3.56. The fourth-order valence-corrected chi connectivity index (χ4v) is 2.22. The summed E-state index contributed by atoms with van der Waals surface area (Å²) in [5.41, 5.74) is 0.141. The second kappa shape index (κ2) is 6.34. The second-order valence-electron chi connectivity index (χ2n) is 4.21. The summed E-state index contributed by atoms with van der Waals surface area (Å²) in [5.74, 6) is -1.35. The van der Waals surface area contributed by atoms with Gasteiger partial charge in [0, 0.05) is 13.1 Å². The molecule has 1 aliphatic rings. The predicted octanol–water partition coefficient (Wildman–Crippen LogP) is 1.10. The van der Waals surface area contributed by atoms with Crippen LogP contribution in [-0.4, -0.2) is 57.9 Å². The van der Waals surface area contributed by atoms with Crippen molar-refractivity contribution in [3.05, 3.63) is 21.9 Å². The Morgan fingerprint density at radius 1 is 1.45 bits per heavy atom. The number of hydrogen-bond donors (Lipinski definition) is 1. The topological polar surface area (TPSA) is 92.6 Å². The fraction of sp³-hybridized carbons (Fsp3) is 0.455. The van der Waals surface area contributed by atoms with E-state index in [2.05, 4.69) is 10.2 Å². The van der Waals surface area contributed by atoms with Crippen LogP contribution >= 0.6 is 23.2 Å². The molecule has 9 heteroatoms. The Kier molecular flexibility index (Phi) is 4.74. The molecule has 0 saturated carbocycles. The van der Waals surface area contributed by atoms with Gasteiger partial charge in [0.1, 0.15) is 0 Å². The molecule has 1 aromatic rings. The standard InChI is InChI=1S/C11H11Cl2N3O4/c12-8-4-7(10(13)15-14-8)11(19)16-1-2-20-6(5-16)3-9(17)18/h4,6H,1-3,5H2,(H,17,18). The van der Waals surface area contributed by atoms with Gasteiger partial charge in [-0.05, 0) is 6.07 Å². The zero-order valence-corrected chi connectivity index (χ0v) is 11.8. The number of rotatable bonds is 3. The van der Waals surface area contributed by atoms with Crippen LogP contribution in [-0.2, 0) is 9.53 Å². The highest BCUT2D eigenvalue weighted by atomic mass is 35.5. The molecular weight excluding hydrogens is 309 g/mol. The van der Waals surface area contributed by atoms with Crippen LogP contribution in [0, 0.1) is 0 Å². The first-order chi connectivity index (χ1) is 9.47. The molecule has 1 saturated heterocycles. The van der Waals surface area contributed by atoms with Crippen molar-refractivity contribution < 1.29 is 19.4 Å². The van der Waals surface area contributed by atoms with E-state index in [1.807, 2.05) is 0 Å². The number of amides is 1. The number of ether oxygens (including phenoxy) is 1. The van der Waals surface area contributed by atoms with Gasteiger partial charge in [0.2, 0.25) is 0 Å². The lowest BCUT2D eigenvalue weighted by Gasteiger charge is -2.32. The lowest BCUT2D eigenvalue weighted by molar-refractivity contribution is -0.141. The third-order valence-electron chi connectivity index (χ3n) is 2.78. The summed E-state index contributed by atoms with van der Waals surface area (Å²) in [7, 11) is 0. The Bertz CT molecular complexity index is 540. The van der Waals surface area contributed by atoms with E-state index >= 15 is 0 Å². The molecule has 1 amide bonds. The van der Waals surface area contributed by atoms with E-state index in [0.29, 0.717) is 6.54 Å². The molecule has 0 aliphatic carbocycles. The Morgan fingerprint density at radius 2 is 2.20 bits per heavy atom. The lowest BCUT2D eigenvalue weighted by atomic mass is 10.2. The molecular formula is C11H11Cl2N3O4. The molecule has 0 radical (unpaired) electrons. The van der Waals surface area contributed by atoms with E-state index in [1.165, 1.54) is 11.0 Å². The second-order valence-corrected chi connectivity index (χ2v) is 4.96. The molecule has 1 unspecified atom stereocenters. The van der Waals surface area contributed by atoms with Gasteiger partial charge < -0.3 is 14.7 Å². The highest BCUT2D eigenvalue weighted by Crippen LogP contribution is 2.19. The monoisotopic (exact) mass is 319 g/mol. The van der Waals surface area contributed by atoms with Gasteiger partial charge in [0.25, 0.3) is 5.91 Å². The maximum atomic E-state index is 12.3. The number of aliphatic carboxylic acids is 1. The number of carbonyl (C=O) groups excluding carboxylic acids is 1. The van der Waals surface area contributed by atoms with Gasteiger partial charge >= 0.3 is 5.97 Å². The maximum Gasteiger partial charge on any atom is 0.306 e. The average molecular weight is 320 g/mol. The summed E-state index contributed by atoms with van der Waals surface area (Å²) in [6.45, 7) is 0.806. The minimum absolute atomic E-state index is 0.0410. The van der Waals surface area contributed by atoms with Crippen LogP contribution in [0.1, 0.15) is 16.8 Å². The van der Waals surface area contributed by atoms with Crippen molar-refractivity contribution in [2.45, 2.75) is 12.5 Å². The summed E-state index contributed by atoms with van der Waals surface area (Å²) in [6.07, 6.45) is -0.693. The van der Waals surface area contributed by atoms with Crippen LogP contribution in [0.4, 0.5) is 0 Å². The third-order valence-corrected chi connectivity index (χ3v) is 3.24. The lowest BCUT2D eigenvalue weighted by Crippen LogP contribution is -2.46. The van der Waals surface area contributed by atoms with Gasteiger partial charge in [0.05, 0.1) is 24.7 Å². The Hall–Kier alpha value is -1.44. The van der Waals surface area contributed by atoms with Gasteiger partial charge in [-0.2, -0.15) is 0 Å². The Balaban J connectivity index is 2.12. The first-order valence-corrected chi connectivity index (χ1v) is 6.54. The van der Waals surface area contributed by atoms with Crippen LogP contribution in [0.5, 0.6) is 0 Å². The zero-order valence-electron chi connectivity index (χ0n) is 10.3. The van der Waals surface area contributed by atoms with E-state index in [0.717, 1.165) is 0 Å². The summed E-state index contributed by atoms with van der Waals surface area (Å²) in [4.78, 5) is 24.5. The van der Waals surface area contributed by atoms with E-state index in [1.54, 1.807) is 0 Å². The fourth-order valence-electron chi connectivity index (χ4n) is 1.90. The largest absolute Gasteiger partial charge is 0.481 e. The minimum Gasteiger partial charge on any atom is -0.481 e. The van der Waals surface area contributed by atoms with Gasteiger partial charge in [-0.1, -0.05) is 23.2 Å². The van der Waals surface area contributed by atoms with Gasteiger partial charge in [-0.15, -0.1) is 10.2 Å². The van der Waals surface area contributed by atoms with Crippen LogP contribution in [0.3, 0.4) is 0 Å². The quantitative estimate of drug-likeness (QED) is 0.896. The van der Waals surface area contributed by atoms with Gasteiger partial charge in [-0.25, -0.2) is 0 Å². The summed E-state index contributed by atoms with van der Waals surface area (Å²) < 4.78 is 5.30. The van der Waals surface area contributed by atoms with Crippen molar-refractivity contribution in [1.82, 2.24) is 15.1 Å². The van der Waals surface area contributed by atoms with Crippen LogP contribution in [0.15, 0.2) is 6.07 Å². The Morgan fingerprint density at radius 3 is 2.90 bits per heavy atom. The van der Waals surface area contributed by atoms with Crippen molar-refractivity contribution in [3.63, 3.8) is 0 Å². The first kappa shape index (κ1) is 15.0. The molecule has 1 fully saturated rings. The molecule has 1 N–H and O–H groups in total. The minimum atomic E-state index is -0.976. The van der Waals surface area contributed by atoms with E-state index < -0.39 is 12.1 Å². The predicted molar refractivity (Wildman–Crippen MR) is 69.9 cm³/mol. The number of halogens is 2. The zero-order chi connectivity index (χ0) is 14.7. The van der Waals surface area contributed by atoms with Crippen LogP contribution < -0.4 is 0 Å². The number of aromatic nitrogens is 2. The molecule has 2 rings (SSSR count). The van der Waals surface area contributed by atoms with E-state index in [-0.39, 0.29) is 41.3 Å². The van der Waals surface area contributed by atoms with Crippen LogP contribution in [0.2, 0.25) is 10.3 Å².